The van der Waals surface area contributed by atoms with Gasteiger partial charge in [0.2, 0.25) is 0 Å². The molecule has 1 aromatic carbocycles. The van der Waals surface area contributed by atoms with Crippen molar-refractivity contribution in [1.82, 2.24) is 4.98 Å². The molecule has 2 rings (SSSR count). The lowest BCUT2D eigenvalue weighted by Gasteiger charge is -2.10. The van der Waals surface area contributed by atoms with Crippen LogP contribution in [0.4, 0.5) is 13.2 Å². The highest BCUT2D eigenvalue weighted by Gasteiger charge is 2.34. The van der Waals surface area contributed by atoms with Gasteiger partial charge in [0.25, 0.3) is 0 Å². The van der Waals surface area contributed by atoms with Crippen LogP contribution in [0.25, 0.3) is 0 Å². The van der Waals surface area contributed by atoms with Crippen molar-refractivity contribution in [2.24, 2.45) is 0 Å². The molecule has 1 heterocycles. The van der Waals surface area contributed by atoms with E-state index >= 15 is 0 Å². The summed E-state index contributed by atoms with van der Waals surface area (Å²) in [7, 11) is 0. The predicted octanol–water partition coefficient (Wildman–Crippen LogP) is 4.22. The van der Waals surface area contributed by atoms with Crippen LogP contribution in [-0.2, 0) is 12.1 Å². The van der Waals surface area contributed by atoms with Crippen molar-refractivity contribution in [1.29, 1.82) is 0 Å². The van der Waals surface area contributed by atoms with E-state index in [0.717, 1.165) is 6.07 Å². The van der Waals surface area contributed by atoms with Crippen molar-refractivity contribution < 1.29 is 22.3 Å². The SMILES string of the molecule is FC(F)(F)c1ccccc1Oc1nc(CCl)co1. The number of para-hydroxylation sites is 1. The second-order valence-electron chi connectivity index (χ2n) is 3.33. The van der Waals surface area contributed by atoms with E-state index in [1.54, 1.807) is 0 Å². The van der Waals surface area contributed by atoms with Crippen LogP contribution < -0.4 is 4.74 Å². The predicted molar refractivity (Wildman–Crippen MR) is 57.6 cm³/mol. The monoisotopic (exact) mass is 277 g/mol. The van der Waals surface area contributed by atoms with E-state index in [1.807, 2.05) is 0 Å². The first-order chi connectivity index (χ1) is 8.50. The van der Waals surface area contributed by atoms with Crippen molar-refractivity contribution >= 4 is 11.6 Å². The van der Waals surface area contributed by atoms with Gasteiger partial charge in [-0.05, 0) is 12.1 Å². The molecular formula is C11H7ClF3NO2. The standard InChI is InChI=1S/C11H7ClF3NO2/c12-5-7-6-17-10(16-7)18-9-4-2-1-3-8(9)11(13,14)15/h1-4,6H,5H2. The fraction of sp³-hybridized carbons (Fsp3) is 0.182. The summed E-state index contributed by atoms with van der Waals surface area (Å²) in [5.41, 5.74) is -0.508. The zero-order valence-electron chi connectivity index (χ0n) is 8.87. The summed E-state index contributed by atoms with van der Waals surface area (Å²) in [5.74, 6) is -0.277. The van der Waals surface area contributed by atoms with Crippen LogP contribution >= 0.6 is 11.6 Å². The van der Waals surface area contributed by atoms with Crippen molar-refractivity contribution in [2.45, 2.75) is 12.1 Å². The molecule has 18 heavy (non-hydrogen) atoms. The quantitative estimate of drug-likeness (QED) is 0.788. The number of nitrogens with zero attached hydrogens (tertiary/aromatic N) is 1. The normalized spacial score (nSPS) is 11.6. The van der Waals surface area contributed by atoms with Crippen LogP contribution in [0.15, 0.2) is 34.9 Å². The van der Waals surface area contributed by atoms with Crippen molar-refractivity contribution in [3.8, 4) is 11.8 Å². The molecule has 0 atom stereocenters. The Morgan fingerprint density at radius 1 is 1.28 bits per heavy atom. The van der Waals surface area contributed by atoms with E-state index in [2.05, 4.69) is 4.98 Å². The largest absolute Gasteiger partial charge is 0.419 e. The Morgan fingerprint density at radius 2 is 2.00 bits per heavy atom. The Kier molecular flexibility index (Phi) is 3.47. The second kappa shape index (κ2) is 4.89. The van der Waals surface area contributed by atoms with Crippen LogP contribution in [0.1, 0.15) is 11.3 Å². The lowest BCUT2D eigenvalue weighted by Crippen LogP contribution is -2.06. The zero-order chi connectivity index (χ0) is 13.2. The maximum Gasteiger partial charge on any atom is 0.419 e. The Hall–Kier alpha value is -1.69. The summed E-state index contributed by atoms with van der Waals surface area (Å²) in [6, 6.07) is 4.81. The van der Waals surface area contributed by atoms with Crippen LogP contribution in [0.5, 0.6) is 11.8 Å². The first-order valence-electron chi connectivity index (χ1n) is 4.85. The highest BCUT2D eigenvalue weighted by molar-refractivity contribution is 6.16. The molecule has 1 aromatic heterocycles. The molecule has 0 aliphatic carbocycles. The summed E-state index contributed by atoms with van der Waals surface area (Å²) >= 11 is 5.49. The number of rotatable bonds is 3. The minimum absolute atomic E-state index is 0.0910. The van der Waals surface area contributed by atoms with E-state index in [4.69, 9.17) is 20.8 Å². The van der Waals surface area contributed by atoms with Crippen LogP contribution in [0, 0.1) is 0 Å². The highest BCUT2D eigenvalue weighted by atomic mass is 35.5. The highest BCUT2D eigenvalue weighted by Crippen LogP contribution is 2.37. The molecule has 0 saturated heterocycles. The van der Waals surface area contributed by atoms with Gasteiger partial charge in [-0.1, -0.05) is 12.1 Å². The number of hydrogen-bond acceptors (Lipinski definition) is 3. The molecule has 7 heteroatoms. The number of ether oxygens (including phenoxy) is 1. The molecule has 0 radical (unpaired) electrons. The smallest absolute Gasteiger partial charge is 0.417 e. The van der Waals surface area contributed by atoms with Crippen LogP contribution in [0.2, 0.25) is 0 Å². The van der Waals surface area contributed by atoms with Crippen molar-refractivity contribution in [3.63, 3.8) is 0 Å². The maximum atomic E-state index is 12.7. The molecule has 0 amide bonds. The number of aromatic nitrogens is 1. The van der Waals surface area contributed by atoms with E-state index in [-0.39, 0.29) is 17.7 Å². The zero-order valence-corrected chi connectivity index (χ0v) is 9.63. The Labute approximate surface area is 105 Å². The first kappa shape index (κ1) is 12.8. The average molecular weight is 278 g/mol. The fourth-order valence-corrected chi connectivity index (χ4v) is 1.40. The Bertz CT molecular complexity index is 539. The summed E-state index contributed by atoms with van der Waals surface area (Å²) in [6.45, 7) is 0. The van der Waals surface area contributed by atoms with Crippen LogP contribution in [-0.4, -0.2) is 4.98 Å². The molecule has 0 saturated carbocycles. The van der Waals surface area contributed by atoms with Crippen molar-refractivity contribution in [2.75, 3.05) is 0 Å². The van der Waals surface area contributed by atoms with Gasteiger partial charge in [0.05, 0.1) is 17.1 Å². The average Bonchev–Trinajstić information content (AvgIpc) is 2.76. The number of benzene rings is 1. The molecule has 0 spiro atoms. The summed E-state index contributed by atoms with van der Waals surface area (Å²) in [6.07, 6.45) is -3.56. The lowest BCUT2D eigenvalue weighted by molar-refractivity contribution is -0.138. The van der Waals surface area contributed by atoms with E-state index < -0.39 is 11.7 Å². The van der Waals surface area contributed by atoms with Gasteiger partial charge in [0.1, 0.15) is 12.0 Å². The molecule has 0 aliphatic rings. The Morgan fingerprint density at radius 3 is 2.61 bits per heavy atom. The lowest BCUT2D eigenvalue weighted by atomic mass is 10.2. The molecular weight excluding hydrogens is 271 g/mol. The summed E-state index contributed by atoms with van der Waals surface area (Å²) in [4.78, 5) is 3.76. The van der Waals surface area contributed by atoms with Gasteiger partial charge in [0.15, 0.2) is 0 Å². The third kappa shape index (κ3) is 2.76. The summed E-state index contributed by atoms with van der Waals surface area (Å²) < 4.78 is 47.8. The van der Waals surface area contributed by atoms with Gasteiger partial charge in [-0.15, -0.1) is 11.6 Å². The molecule has 3 nitrogen and oxygen atoms in total. The Balaban J connectivity index is 2.29. The third-order valence-electron chi connectivity index (χ3n) is 2.06. The van der Waals surface area contributed by atoms with E-state index in [1.165, 1.54) is 24.5 Å². The topological polar surface area (TPSA) is 35.3 Å². The molecule has 0 unspecified atom stereocenters. The van der Waals surface area contributed by atoms with Gasteiger partial charge in [0, 0.05) is 0 Å². The fourth-order valence-electron chi connectivity index (χ4n) is 1.28. The molecule has 2 aromatic rings. The number of hydrogen-bond donors (Lipinski definition) is 0. The number of alkyl halides is 4. The van der Waals surface area contributed by atoms with Gasteiger partial charge >= 0.3 is 12.3 Å². The minimum Gasteiger partial charge on any atom is -0.417 e. The van der Waals surface area contributed by atoms with Gasteiger partial charge in [-0.3, -0.25) is 0 Å². The number of oxazole rings is 1. The maximum absolute atomic E-state index is 12.7. The van der Waals surface area contributed by atoms with Gasteiger partial charge in [-0.2, -0.15) is 18.2 Å². The van der Waals surface area contributed by atoms with Crippen LogP contribution in [0.3, 0.4) is 0 Å². The molecule has 0 aliphatic heterocycles. The minimum atomic E-state index is -4.50. The van der Waals surface area contributed by atoms with Crippen molar-refractivity contribution in [3.05, 3.63) is 41.8 Å². The molecule has 96 valence electrons. The van der Waals surface area contributed by atoms with E-state index in [0.29, 0.717) is 5.69 Å². The van der Waals surface area contributed by atoms with E-state index in [9.17, 15) is 13.2 Å². The second-order valence-corrected chi connectivity index (χ2v) is 3.60. The molecule has 0 bridgehead atoms. The third-order valence-corrected chi connectivity index (χ3v) is 2.33. The molecule has 0 N–H and O–H groups in total. The molecule has 0 fully saturated rings. The number of halogens is 4. The van der Waals surface area contributed by atoms with Gasteiger partial charge in [-0.25, -0.2) is 0 Å². The van der Waals surface area contributed by atoms with Gasteiger partial charge < -0.3 is 9.15 Å². The first-order valence-corrected chi connectivity index (χ1v) is 5.38. The summed E-state index contributed by atoms with van der Waals surface area (Å²) in [5, 5.41) is 0.